The van der Waals surface area contributed by atoms with Crippen LogP contribution < -0.4 is 10.0 Å². The molecule has 2 fully saturated rings. The van der Waals surface area contributed by atoms with Gasteiger partial charge in [0.2, 0.25) is 16.0 Å². The van der Waals surface area contributed by atoms with Crippen LogP contribution in [0, 0.1) is 0 Å². The second-order valence-corrected chi connectivity index (χ2v) is 8.65. The van der Waals surface area contributed by atoms with Crippen LogP contribution in [0.5, 0.6) is 0 Å². The molecule has 12 heteroatoms. The largest absolute Gasteiger partial charge is 0.434 e. The van der Waals surface area contributed by atoms with E-state index >= 15 is 0 Å². The lowest BCUT2D eigenvalue weighted by molar-refractivity contribution is -0.140. The third-order valence-electron chi connectivity index (χ3n) is 4.65. The molecule has 1 aromatic rings. The zero-order valence-electron chi connectivity index (χ0n) is 14.1. The van der Waals surface area contributed by atoms with Gasteiger partial charge in [0.15, 0.2) is 5.69 Å². The lowest BCUT2D eigenvalue weighted by Crippen LogP contribution is -2.61. The summed E-state index contributed by atoms with van der Waals surface area (Å²) in [5.41, 5.74) is -1.11. The number of hydrogen-bond donors (Lipinski definition) is 2. The highest BCUT2D eigenvalue weighted by atomic mass is 32.2. The maximum atomic E-state index is 12.6. The zero-order valence-corrected chi connectivity index (χ0v) is 14.9. The molecule has 0 unspecified atom stereocenters. The highest BCUT2D eigenvalue weighted by molar-refractivity contribution is 7.90. The van der Waals surface area contributed by atoms with Gasteiger partial charge in [0.05, 0.1) is 0 Å². The van der Waals surface area contributed by atoms with Crippen molar-refractivity contribution in [2.75, 3.05) is 18.4 Å². The summed E-state index contributed by atoms with van der Waals surface area (Å²) in [7, 11) is -2.18. The minimum absolute atomic E-state index is 0.00949. The van der Waals surface area contributed by atoms with Crippen LogP contribution in [0.25, 0.3) is 0 Å². The van der Waals surface area contributed by atoms with Gasteiger partial charge in [0.25, 0.3) is 0 Å². The third kappa shape index (κ3) is 3.95. The molecule has 1 saturated carbocycles. The highest BCUT2D eigenvalue weighted by Crippen LogP contribution is 2.29. The Labute approximate surface area is 148 Å². The molecule has 3 rings (SSSR count). The highest BCUT2D eigenvalue weighted by Gasteiger charge is 2.41. The molecule has 26 heavy (non-hydrogen) atoms. The molecule has 0 aromatic carbocycles. The van der Waals surface area contributed by atoms with E-state index in [1.807, 2.05) is 0 Å². The Balaban J connectivity index is 1.54. The molecule has 2 heterocycles. The lowest BCUT2D eigenvalue weighted by atomic mass is 10.2. The number of urea groups is 1. The van der Waals surface area contributed by atoms with E-state index < -0.39 is 33.2 Å². The molecule has 1 aromatic heterocycles. The summed E-state index contributed by atoms with van der Waals surface area (Å²) in [5.74, 6) is -0.252. The first kappa shape index (κ1) is 19.0. The van der Waals surface area contributed by atoms with E-state index in [1.54, 1.807) is 0 Å². The number of likely N-dealkylation sites (tertiary alicyclic amines) is 1. The minimum atomic E-state index is -4.61. The molecule has 0 bridgehead atoms. The number of imidazole rings is 1. The van der Waals surface area contributed by atoms with E-state index in [-0.39, 0.29) is 25.1 Å². The van der Waals surface area contributed by atoms with Crippen LogP contribution in [0.1, 0.15) is 31.4 Å². The summed E-state index contributed by atoms with van der Waals surface area (Å²) in [6, 6.07) is -0.726. The number of sulfonamides is 1. The fraction of sp³-hybridized carbons (Fsp3) is 0.714. The predicted molar refractivity (Wildman–Crippen MR) is 86.9 cm³/mol. The average Bonchev–Trinajstić information content (AvgIpc) is 3.06. The van der Waals surface area contributed by atoms with E-state index in [4.69, 9.17) is 0 Å². The first-order valence-corrected chi connectivity index (χ1v) is 9.78. The van der Waals surface area contributed by atoms with E-state index in [1.165, 1.54) is 11.9 Å². The molecule has 1 saturated heterocycles. The molecule has 1 aliphatic heterocycles. The molecule has 0 radical (unpaired) electrons. The summed E-state index contributed by atoms with van der Waals surface area (Å²) in [4.78, 5) is 16.7. The summed E-state index contributed by atoms with van der Waals surface area (Å²) in [6.45, 7) is -0.0190. The fourth-order valence-corrected chi connectivity index (χ4v) is 4.71. The molecule has 1 aliphatic carbocycles. The Hall–Kier alpha value is -1.82. The molecule has 2 N–H and O–H groups in total. The first-order valence-electron chi connectivity index (χ1n) is 8.24. The fourth-order valence-electron chi connectivity index (χ4n) is 3.07. The van der Waals surface area contributed by atoms with Crippen LogP contribution in [-0.4, -0.2) is 53.3 Å². The number of nitrogens with zero attached hydrogens (tertiary/aromatic N) is 3. The Morgan fingerprint density at radius 3 is 2.42 bits per heavy atom. The maximum Gasteiger partial charge on any atom is 0.434 e. The standard InChI is InChI=1S/C14H20F3N5O3S/c1-21-8-11(14(15,16)17)18-12(21)19-13(23)22-6-10(7-22)26(24,25)20-9-4-2-3-5-9/h8-10,20H,2-7H2,1H3,(H,18,19,23). The van der Waals surface area contributed by atoms with E-state index in [0.29, 0.717) is 0 Å². The molecule has 0 spiro atoms. The molecule has 146 valence electrons. The SMILES string of the molecule is Cn1cc(C(F)(F)F)nc1NC(=O)N1CC(S(=O)(=O)NC2CCCC2)C1. The van der Waals surface area contributed by atoms with Gasteiger partial charge >= 0.3 is 12.2 Å². The van der Waals surface area contributed by atoms with Gasteiger partial charge in [-0.2, -0.15) is 13.2 Å². The number of rotatable bonds is 4. The van der Waals surface area contributed by atoms with Crippen molar-refractivity contribution in [1.29, 1.82) is 0 Å². The van der Waals surface area contributed by atoms with Gasteiger partial charge in [-0.05, 0) is 12.8 Å². The number of halogens is 3. The average molecular weight is 395 g/mol. The van der Waals surface area contributed by atoms with E-state index in [9.17, 15) is 26.4 Å². The van der Waals surface area contributed by atoms with Crippen molar-refractivity contribution in [2.24, 2.45) is 7.05 Å². The Bertz CT molecular complexity index is 780. The summed E-state index contributed by atoms with van der Waals surface area (Å²) >= 11 is 0. The smallest absolute Gasteiger partial charge is 0.322 e. The van der Waals surface area contributed by atoms with Gasteiger partial charge in [-0.1, -0.05) is 12.8 Å². The van der Waals surface area contributed by atoms with Crippen molar-refractivity contribution in [3.8, 4) is 0 Å². The maximum absolute atomic E-state index is 12.6. The Morgan fingerprint density at radius 1 is 1.27 bits per heavy atom. The van der Waals surface area contributed by atoms with Crippen LogP contribution in [0.15, 0.2) is 6.20 Å². The van der Waals surface area contributed by atoms with Gasteiger partial charge in [-0.25, -0.2) is 22.9 Å². The normalized spacial score (nSPS) is 19.6. The molecule has 2 amide bonds. The lowest BCUT2D eigenvalue weighted by Gasteiger charge is -2.38. The number of hydrogen-bond acceptors (Lipinski definition) is 4. The Morgan fingerprint density at radius 2 is 1.88 bits per heavy atom. The topological polar surface area (TPSA) is 96.3 Å². The summed E-state index contributed by atoms with van der Waals surface area (Å²) in [6.07, 6.45) is -0.216. The van der Waals surface area contributed by atoms with Crippen molar-refractivity contribution < 1.29 is 26.4 Å². The van der Waals surface area contributed by atoms with Gasteiger partial charge in [-0.15, -0.1) is 0 Å². The number of carbonyl (C=O) groups excluding carboxylic acids is 1. The Kier molecular flexibility index (Phi) is 4.90. The third-order valence-corrected chi connectivity index (χ3v) is 6.48. The van der Waals surface area contributed by atoms with Crippen LogP contribution in [0.2, 0.25) is 0 Å². The van der Waals surface area contributed by atoms with Crippen LogP contribution in [0.4, 0.5) is 23.9 Å². The van der Waals surface area contributed by atoms with Crippen LogP contribution in [-0.2, 0) is 23.2 Å². The number of alkyl halides is 3. The van der Waals surface area contributed by atoms with Crippen molar-refractivity contribution in [2.45, 2.75) is 43.2 Å². The number of anilines is 1. The van der Waals surface area contributed by atoms with E-state index in [2.05, 4.69) is 15.0 Å². The number of aromatic nitrogens is 2. The second-order valence-electron chi connectivity index (χ2n) is 6.66. The second kappa shape index (κ2) is 6.72. The van der Waals surface area contributed by atoms with Gasteiger partial charge < -0.3 is 9.47 Å². The minimum Gasteiger partial charge on any atom is -0.322 e. The number of carbonyl (C=O) groups is 1. The first-order chi connectivity index (χ1) is 12.1. The number of aryl methyl sites for hydroxylation is 1. The summed E-state index contributed by atoms with van der Waals surface area (Å²) < 4.78 is 66.1. The zero-order chi connectivity index (χ0) is 19.1. The van der Waals surface area contributed by atoms with Crippen LogP contribution >= 0.6 is 0 Å². The quantitative estimate of drug-likeness (QED) is 0.808. The number of nitrogens with one attached hydrogen (secondary N) is 2. The van der Waals surface area contributed by atoms with Crippen LogP contribution in [0.3, 0.4) is 0 Å². The predicted octanol–water partition coefficient (Wildman–Crippen LogP) is 1.52. The van der Waals surface area contributed by atoms with Gasteiger partial charge in [0.1, 0.15) is 5.25 Å². The van der Waals surface area contributed by atoms with Crippen molar-refractivity contribution in [1.82, 2.24) is 19.2 Å². The molecular formula is C14H20F3N5O3S. The molecule has 2 aliphatic rings. The van der Waals surface area contributed by atoms with Gasteiger partial charge in [-0.3, -0.25) is 5.32 Å². The summed E-state index contributed by atoms with van der Waals surface area (Å²) in [5, 5.41) is 1.57. The number of amides is 2. The molecule has 8 nitrogen and oxygen atoms in total. The van der Waals surface area contributed by atoms with Gasteiger partial charge in [0, 0.05) is 32.4 Å². The van der Waals surface area contributed by atoms with Crippen molar-refractivity contribution in [3.63, 3.8) is 0 Å². The monoisotopic (exact) mass is 395 g/mol. The molecular weight excluding hydrogens is 375 g/mol. The van der Waals surface area contributed by atoms with Crippen molar-refractivity contribution in [3.05, 3.63) is 11.9 Å². The molecule has 0 atom stereocenters. The van der Waals surface area contributed by atoms with E-state index in [0.717, 1.165) is 36.4 Å². The van der Waals surface area contributed by atoms with Crippen molar-refractivity contribution >= 4 is 22.0 Å².